The Hall–Kier alpha value is -1.30. The number of hydrogen-bond acceptors (Lipinski definition) is 3. The second kappa shape index (κ2) is 4.48. The molecule has 1 aromatic heterocycles. The maximum absolute atomic E-state index is 12.1. The molecule has 1 rings (SSSR count). The van der Waals surface area contributed by atoms with Crippen molar-refractivity contribution in [3.05, 3.63) is 24.0 Å². The van der Waals surface area contributed by atoms with Crippen molar-refractivity contribution in [2.75, 3.05) is 18.5 Å². The molecule has 84 valence electrons. The second-order valence-electron chi connectivity index (χ2n) is 3.13. The lowest BCUT2D eigenvalue weighted by Gasteiger charge is -2.22. The topological polar surface area (TPSA) is 36.4 Å². The van der Waals surface area contributed by atoms with Crippen LogP contribution < -0.4 is 4.90 Å². The third-order valence-corrected chi connectivity index (χ3v) is 1.89. The molecule has 0 aromatic carbocycles. The fraction of sp³-hybridized carbons (Fsp3) is 0.444. The first-order valence-electron chi connectivity index (χ1n) is 4.25. The highest BCUT2D eigenvalue weighted by molar-refractivity contribution is 5.50. The number of hydrogen-bond donors (Lipinski definition) is 1. The summed E-state index contributed by atoms with van der Waals surface area (Å²) in [6, 6.07) is 1.49. The first-order chi connectivity index (χ1) is 6.94. The molecule has 0 spiro atoms. The zero-order valence-corrected chi connectivity index (χ0v) is 8.12. The van der Waals surface area contributed by atoms with Crippen molar-refractivity contribution in [3.8, 4) is 0 Å². The van der Waals surface area contributed by atoms with E-state index in [0.29, 0.717) is 5.56 Å². The van der Waals surface area contributed by atoms with Crippen molar-refractivity contribution < 1.29 is 18.3 Å². The number of halogens is 3. The number of aliphatic hydroxyl groups is 1. The average molecular weight is 220 g/mol. The number of pyridine rings is 1. The van der Waals surface area contributed by atoms with Crippen molar-refractivity contribution in [3.63, 3.8) is 0 Å². The molecule has 0 unspecified atom stereocenters. The zero-order chi connectivity index (χ0) is 11.5. The summed E-state index contributed by atoms with van der Waals surface area (Å²) in [5, 5.41) is 8.93. The summed E-state index contributed by atoms with van der Waals surface area (Å²) in [6.45, 7) is -1.37. The second-order valence-corrected chi connectivity index (χ2v) is 3.13. The van der Waals surface area contributed by atoms with E-state index in [1.165, 1.54) is 25.5 Å². The van der Waals surface area contributed by atoms with Crippen LogP contribution in [0.1, 0.15) is 5.56 Å². The Balaban J connectivity index is 2.86. The number of nitrogens with zero attached hydrogens (tertiary/aromatic N) is 2. The highest BCUT2D eigenvalue weighted by Gasteiger charge is 2.29. The van der Waals surface area contributed by atoms with Gasteiger partial charge in [-0.3, -0.25) is 4.98 Å². The Kier molecular flexibility index (Phi) is 3.52. The van der Waals surface area contributed by atoms with Crippen LogP contribution >= 0.6 is 0 Å². The summed E-state index contributed by atoms with van der Waals surface area (Å²) in [7, 11) is 1.31. The van der Waals surface area contributed by atoms with E-state index >= 15 is 0 Å². The molecule has 0 radical (unpaired) electrons. The smallest absolute Gasteiger partial charge is 0.392 e. The van der Waals surface area contributed by atoms with E-state index in [1.54, 1.807) is 0 Å². The molecule has 1 aromatic rings. The largest absolute Gasteiger partial charge is 0.405 e. The molecule has 0 aliphatic rings. The molecular weight excluding hydrogens is 209 g/mol. The van der Waals surface area contributed by atoms with Crippen molar-refractivity contribution in [1.82, 2.24) is 4.98 Å². The Morgan fingerprint density at radius 2 is 2.13 bits per heavy atom. The molecule has 0 saturated carbocycles. The fourth-order valence-corrected chi connectivity index (χ4v) is 1.25. The van der Waals surface area contributed by atoms with Crippen molar-refractivity contribution >= 4 is 5.69 Å². The Morgan fingerprint density at radius 1 is 1.47 bits per heavy atom. The minimum Gasteiger partial charge on any atom is -0.392 e. The first kappa shape index (κ1) is 11.8. The first-order valence-corrected chi connectivity index (χ1v) is 4.25. The Morgan fingerprint density at radius 3 is 2.67 bits per heavy atom. The van der Waals surface area contributed by atoms with Crippen LogP contribution in [-0.2, 0) is 6.61 Å². The zero-order valence-electron chi connectivity index (χ0n) is 8.12. The number of aromatic nitrogens is 1. The van der Waals surface area contributed by atoms with Gasteiger partial charge in [0.2, 0.25) is 0 Å². The summed E-state index contributed by atoms with van der Waals surface area (Å²) in [6.07, 6.45) is -1.54. The lowest BCUT2D eigenvalue weighted by atomic mass is 10.2. The monoisotopic (exact) mass is 220 g/mol. The molecular formula is C9H11F3N2O. The van der Waals surface area contributed by atoms with Crippen LogP contribution in [0.2, 0.25) is 0 Å². The number of anilines is 1. The van der Waals surface area contributed by atoms with Crippen molar-refractivity contribution in [2.45, 2.75) is 12.8 Å². The van der Waals surface area contributed by atoms with Gasteiger partial charge in [0.1, 0.15) is 6.54 Å². The van der Waals surface area contributed by atoms with Gasteiger partial charge in [-0.1, -0.05) is 0 Å². The lowest BCUT2D eigenvalue weighted by Crippen LogP contribution is -2.31. The van der Waals surface area contributed by atoms with Gasteiger partial charge in [0, 0.05) is 18.8 Å². The van der Waals surface area contributed by atoms with Crippen LogP contribution in [0.5, 0.6) is 0 Å². The minimum absolute atomic E-state index is 0.289. The minimum atomic E-state index is -4.27. The molecule has 0 bridgehead atoms. The molecule has 3 nitrogen and oxygen atoms in total. The van der Waals surface area contributed by atoms with E-state index in [4.69, 9.17) is 5.11 Å². The van der Waals surface area contributed by atoms with Gasteiger partial charge in [0.15, 0.2) is 0 Å². The predicted molar refractivity (Wildman–Crippen MR) is 49.5 cm³/mol. The van der Waals surface area contributed by atoms with Crippen LogP contribution in [0.3, 0.4) is 0 Å². The van der Waals surface area contributed by atoms with Gasteiger partial charge >= 0.3 is 6.18 Å². The number of aliphatic hydroxyl groups excluding tert-OH is 1. The Bertz CT molecular complexity index is 327. The third kappa shape index (κ3) is 3.39. The van der Waals surface area contributed by atoms with E-state index in [2.05, 4.69) is 4.98 Å². The van der Waals surface area contributed by atoms with Crippen LogP contribution in [0.4, 0.5) is 18.9 Å². The summed E-state index contributed by atoms with van der Waals surface area (Å²) >= 11 is 0. The molecule has 15 heavy (non-hydrogen) atoms. The van der Waals surface area contributed by atoms with Gasteiger partial charge in [0.05, 0.1) is 18.5 Å². The van der Waals surface area contributed by atoms with Gasteiger partial charge in [-0.15, -0.1) is 0 Å². The van der Waals surface area contributed by atoms with Gasteiger partial charge in [-0.25, -0.2) is 0 Å². The standard InChI is InChI=1S/C9H11F3N2O/c1-14(6-9(10,11)12)8-4-13-3-2-7(8)5-15/h2-4,15H,5-6H2,1H3. The predicted octanol–water partition coefficient (Wildman–Crippen LogP) is 1.57. The normalized spacial score (nSPS) is 11.5. The summed E-state index contributed by atoms with van der Waals surface area (Å²) in [4.78, 5) is 4.74. The highest BCUT2D eigenvalue weighted by atomic mass is 19.4. The molecule has 0 aliphatic carbocycles. The molecule has 0 fully saturated rings. The van der Waals surface area contributed by atoms with Crippen LogP contribution in [0.15, 0.2) is 18.5 Å². The fourth-order valence-electron chi connectivity index (χ4n) is 1.25. The molecule has 0 aliphatic heterocycles. The van der Waals surface area contributed by atoms with Gasteiger partial charge in [0.25, 0.3) is 0 Å². The molecule has 1 heterocycles. The third-order valence-electron chi connectivity index (χ3n) is 1.89. The molecule has 0 amide bonds. The maximum Gasteiger partial charge on any atom is 0.405 e. The average Bonchev–Trinajstić information content (AvgIpc) is 2.15. The number of alkyl halides is 3. The summed E-state index contributed by atoms with van der Waals surface area (Å²) in [5.74, 6) is 0. The van der Waals surface area contributed by atoms with Gasteiger partial charge < -0.3 is 10.0 Å². The van der Waals surface area contributed by atoms with Crippen molar-refractivity contribution in [1.29, 1.82) is 0 Å². The van der Waals surface area contributed by atoms with Crippen LogP contribution in [0, 0.1) is 0 Å². The molecule has 0 saturated heterocycles. The van der Waals surface area contributed by atoms with Gasteiger partial charge in [-0.2, -0.15) is 13.2 Å². The molecule has 6 heteroatoms. The van der Waals surface area contributed by atoms with Crippen molar-refractivity contribution in [2.24, 2.45) is 0 Å². The molecule has 1 N–H and O–H groups in total. The highest BCUT2D eigenvalue weighted by Crippen LogP contribution is 2.23. The Labute approximate surface area is 85.2 Å². The maximum atomic E-state index is 12.1. The van der Waals surface area contributed by atoms with Gasteiger partial charge in [-0.05, 0) is 6.07 Å². The quantitative estimate of drug-likeness (QED) is 0.840. The summed E-state index contributed by atoms with van der Waals surface area (Å²) in [5.41, 5.74) is 0.717. The van der Waals surface area contributed by atoms with Crippen LogP contribution in [0.25, 0.3) is 0 Å². The van der Waals surface area contributed by atoms with E-state index in [-0.39, 0.29) is 12.3 Å². The van der Waals surface area contributed by atoms with Crippen LogP contribution in [-0.4, -0.2) is 29.9 Å². The molecule has 0 atom stereocenters. The number of rotatable bonds is 3. The van der Waals surface area contributed by atoms with E-state index in [0.717, 1.165) is 4.90 Å². The summed E-state index contributed by atoms with van der Waals surface area (Å²) < 4.78 is 36.3. The lowest BCUT2D eigenvalue weighted by molar-refractivity contribution is -0.119. The van der Waals surface area contributed by atoms with E-state index < -0.39 is 12.7 Å². The van der Waals surface area contributed by atoms with E-state index in [9.17, 15) is 13.2 Å². The SMILES string of the molecule is CN(CC(F)(F)F)c1cnccc1CO. The van der Waals surface area contributed by atoms with E-state index in [1.807, 2.05) is 0 Å².